The molecule has 0 aliphatic rings. The van der Waals surface area contributed by atoms with E-state index >= 15 is 0 Å². The van der Waals surface area contributed by atoms with Crippen LogP contribution in [0.4, 0.5) is 5.82 Å². The van der Waals surface area contributed by atoms with Gasteiger partial charge >= 0.3 is 0 Å². The maximum absolute atomic E-state index is 5.99. The van der Waals surface area contributed by atoms with E-state index < -0.39 is 0 Å². The zero-order chi connectivity index (χ0) is 14.5. The van der Waals surface area contributed by atoms with Gasteiger partial charge in [-0.1, -0.05) is 35.3 Å². The van der Waals surface area contributed by atoms with Crippen molar-refractivity contribution in [1.82, 2.24) is 9.97 Å². The van der Waals surface area contributed by atoms with Gasteiger partial charge < -0.3 is 10.1 Å². The molecule has 0 saturated heterocycles. The van der Waals surface area contributed by atoms with Crippen LogP contribution in [0.25, 0.3) is 0 Å². The second kappa shape index (κ2) is 6.88. The number of rotatable bonds is 5. The molecule has 0 fully saturated rings. The molecule has 0 saturated carbocycles. The molecule has 6 heteroatoms. The van der Waals surface area contributed by atoms with Gasteiger partial charge in [0.1, 0.15) is 17.6 Å². The Labute approximate surface area is 128 Å². The van der Waals surface area contributed by atoms with Gasteiger partial charge in [0.05, 0.1) is 0 Å². The Bertz CT molecular complexity index is 592. The fourth-order valence-electron chi connectivity index (χ4n) is 1.81. The fraction of sp³-hybridized carbons (Fsp3) is 0.286. The predicted molar refractivity (Wildman–Crippen MR) is 81.2 cm³/mol. The van der Waals surface area contributed by atoms with Crippen LogP contribution in [-0.2, 0) is 11.3 Å². The molecular formula is C14H15Cl2N3O. The van der Waals surface area contributed by atoms with Crippen LogP contribution in [0.2, 0.25) is 10.2 Å². The number of halogens is 2. The van der Waals surface area contributed by atoms with Gasteiger partial charge in [0.25, 0.3) is 0 Å². The summed E-state index contributed by atoms with van der Waals surface area (Å²) in [5.41, 5.74) is 1.07. The third-order valence-electron chi connectivity index (χ3n) is 2.73. The largest absolute Gasteiger partial charge is 0.377 e. The first kappa shape index (κ1) is 15.0. The first-order valence-corrected chi connectivity index (χ1v) is 6.88. The zero-order valence-electron chi connectivity index (χ0n) is 11.2. The van der Waals surface area contributed by atoms with Crippen LogP contribution >= 0.6 is 23.2 Å². The van der Waals surface area contributed by atoms with E-state index in [1.165, 1.54) is 0 Å². The van der Waals surface area contributed by atoms with E-state index in [-0.39, 0.29) is 6.04 Å². The number of anilines is 1. The number of ether oxygens (including phenoxy) is 1. The summed E-state index contributed by atoms with van der Waals surface area (Å²) < 4.78 is 5.01. The lowest BCUT2D eigenvalue weighted by atomic mass is 10.1. The molecule has 2 rings (SSSR count). The summed E-state index contributed by atoms with van der Waals surface area (Å²) >= 11 is 12.0. The van der Waals surface area contributed by atoms with Crippen LogP contribution < -0.4 is 5.32 Å². The molecule has 0 radical (unpaired) electrons. The first-order valence-electron chi connectivity index (χ1n) is 6.13. The molecule has 1 heterocycles. The number of methoxy groups -OCH3 is 1. The van der Waals surface area contributed by atoms with Gasteiger partial charge in [0.15, 0.2) is 5.82 Å². The number of nitrogens with one attached hydrogen (secondary N) is 1. The van der Waals surface area contributed by atoms with Crippen LogP contribution in [-0.4, -0.2) is 17.1 Å². The summed E-state index contributed by atoms with van der Waals surface area (Å²) in [5.74, 6) is 1.20. The summed E-state index contributed by atoms with van der Waals surface area (Å²) in [6.07, 6.45) is 0. The van der Waals surface area contributed by atoms with Crippen molar-refractivity contribution in [1.29, 1.82) is 0 Å². The molecule has 0 aliphatic heterocycles. The van der Waals surface area contributed by atoms with Gasteiger partial charge in [0, 0.05) is 24.2 Å². The molecule has 0 amide bonds. The zero-order valence-corrected chi connectivity index (χ0v) is 12.7. The van der Waals surface area contributed by atoms with E-state index in [2.05, 4.69) is 15.3 Å². The van der Waals surface area contributed by atoms with Gasteiger partial charge in [-0.25, -0.2) is 9.97 Å². The number of hydrogen-bond acceptors (Lipinski definition) is 4. The molecule has 1 unspecified atom stereocenters. The molecule has 106 valence electrons. The van der Waals surface area contributed by atoms with Gasteiger partial charge in [0.2, 0.25) is 0 Å². The topological polar surface area (TPSA) is 47.0 Å². The second-order valence-corrected chi connectivity index (χ2v) is 5.17. The van der Waals surface area contributed by atoms with E-state index in [4.69, 9.17) is 27.9 Å². The van der Waals surface area contributed by atoms with Crippen molar-refractivity contribution in [2.24, 2.45) is 0 Å². The molecule has 0 aliphatic carbocycles. The lowest BCUT2D eigenvalue weighted by molar-refractivity contribution is 0.178. The van der Waals surface area contributed by atoms with Crippen molar-refractivity contribution in [3.63, 3.8) is 0 Å². The average molecular weight is 312 g/mol. The standard InChI is InChI=1S/C14H15Cl2N3O/c1-9(10-4-3-5-11(15)6-10)17-13-7-12(16)18-14(19-13)8-20-2/h3-7,9H,8H2,1-2H3,(H,17,18,19). The highest BCUT2D eigenvalue weighted by atomic mass is 35.5. The van der Waals surface area contributed by atoms with Crippen molar-refractivity contribution in [2.75, 3.05) is 12.4 Å². The lowest BCUT2D eigenvalue weighted by Gasteiger charge is -2.16. The molecule has 1 atom stereocenters. The van der Waals surface area contributed by atoms with E-state index in [1.54, 1.807) is 13.2 Å². The smallest absolute Gasteiger partial charge is 0.158 e. The van der Waals surface area contributed by atoms with Gasteiger partial charge in [-0.05, 0) is 24.6 Å². The number of aromatic nitrogens is 2. The molecule has 4 nitrogen and oxygen atoms in total. The van der Waals surface area contributed by atoms with Crippen LogP contribution in [0.5, 0.6) is 0 Å². The maximum atomic E-state index is 5.99. The van der Waals surface area contributed by atoms with Crippen LogP contribution in [0.15, 0.2) is 30.3 Å². The van der Waals surface area contributed by atoms with Crippen molar-refractivity contribution in [2.45, 2.75) is 19.6 Å². The Morgan fingerprint density at radius 3 is 2.75 bits per heavy atom. The monoisotopic (exact) mass is 311 g/mol. The Morgan fingerprint density at radius 1 is 1.25 bits per heavy atom. The Balaban J connectivity index is 2.16. The van der Waals surface area contributed by atoms with Gasteiger partial charge in [-0.2, -0.15) is 0 Å². The summed E-state index contributed by atoms with van der Waals surface area (Å²) in [4.78, 5) is 8.43. The molecule has 0 bridgehead atoms. The summed E-state index contributed by atoms with van der Waals surface area (Å²) in [7, 11) is 1.59. The van der Waals surface area contributed by atoms with Gasteiger partial charge in [-0.15, -0.1) is 0 Å². The second-order valence-electron chi connectivity index (χ2n) is 4.35. The maximum Gasteiger partial charge on any atom is 0.158 e. The Morgan fingerprint density at radius 2 is 2.05 bits per heavy atom. The summed E-state index contributed by atoms with van der Waals surface area (Å²) in [6, 6.07) is 9.41. The highest BCUT2D eigenvalue weighted by molar-refractivity contribution is 6.30. The predicted octanol–water partition coefficient (Wildman–Crippen LogP) is 4.10. The van der Waals surface area contributed by atoms with E-state index in [1.807, 2.05) is 31.2 Å². The molecule has 1 N–H and O–H groups in total. The van der Waals surface area contributed by atoms with Gasteiger partial charge in [-0.3, -0.25) is 0 Å². The highest BCUT2D eigenvalue weighted by Gasteiger charge is 2.09. The minimum absolute atomic E-state index is 0.0510. The molecule has 1 aromatic carbocycles. The van der Waals surface area contributed by atoms with Crippen molar-refractivity contribution < 1.29 is 4.74 Å². The molecule has 20 heavy (non-hydrogen) atoms. The SMILES string of the molecule is COCc1nc(Cl)cc(NC(C)c2cccc(Cl)c2)n1. The van der Waals surface area contributed by atoms with E-state index in [0.29, 0.717) is 28.4 Å². The number of benzene rings is 1. The summed E-state index contributed by atoms with van der Waals surface area (Å²) in [5, 5.41) is 4.36. The fourth-order valence-corrected chi connectivity index (χ4v) is 2.21. The van der Waals surface area contributed by atoms with E-state index in [9.17, 15) is 0 Å². The lowest BCUT2D eigenvalue weighted by Crippen LogP contribution is -2.10. The molecular weight excluding hydrogens is 297 g/mol. The van der Waals surface area contributed by atoms with Crippen LogP contribution in [0.3, 0.4) is 0 Å². The van der Waals surface area contributed by atoms with Crippen molar-refractivity contribution in [3.05, 3.63) is 51.9 Å². The minimum atomic E-state index is 0.0510. The highest BCUT2D eigenvalue weighted by Crippen LogP contribution is 2.22. The third kappa shape index (κ3) is 4.07. The van der Waals surface area contributed by atoms with Crippen molar-refractivity contribution >= 4 is 29.0 Å². The quantitative estimate of drug-likeness (QED) is 0.844. The Kier molecular flexibility index (Phi) is 5.17. The Hall–Kier alpha value is -1.36. The molecule has 0 spiro atoms. The number of hydrogen-bond donors (Lipinski definition) is 1. The molecule has 1 aromatic heterocycles. The number of nitrogens with zero attached hydrogens (tertiary/aromatic N) is 2. The van der Waals surface area contributed by atoms with Crippen LogP contribution in [0, 0.1) is 0 Å². The average Bonchev–Trinajstić information content (AvgIpc) is 2.38. The minimum Gasteiger partial charge on any atom is -0.377 e. The van der Waals surface area contributed by atoms with Crippen molar-refractivity contribution in [3.8, 4) is 0 Å². The summed E-state index contributed by atoms with van der Waals surface area (Å²) in [6.45, 7) is 2.35. The van der Waals surface area contributed by atoms with Crippen LogP contribution in [0.1, 0.15) is 24.4 Å². The third-order valence-corrected chi connectivity index (χ3v) is 3.16. The van der Waals surface area contributed by atoms with E-state index in [0.717, 1.165) is 5.56 Å². The molecule has 2 aromatic rings. The normalized spacial score (nSPS) is 12.2. The first-order chi connectivity index (χ1) is 9.58.